The highest BCUT2D eigenvalue weighted by Gasteiger charge is 2.11. The minimum atomic E-state index is -0.160. The van der Waals surface area contributed by atoms with Crippen molar-refractivity contribution in [3.8, 4) is 22.8 Å². The fourth-order valence-electron chi connectivity index (χ4n) is 1.96. The van der Waals surface area contributed by atoms with Crippen molar-refractivity contribution >= 4 is 0 Å². The van der Waals surface area contributed by atoms with Crippen LogP contribution in [0.2, 0.25) is 0 Å². The molecule has 0 saturated carbocycles. The lowest BCUT2D eigenvalue weighted by atomic mass is 10.1. The van der Waals surface area contributed by atoms with Crippen LogP contribution in [0.1, 0.15) is 5.56 Å². The summed E-state index contributed by atoms with van der Waals surface area (Å²) in [6, 6.07) is 11.3. The van der Waals surface area contributed by atoms with Crippen molar-refractivity contribution in [1.29, 1.82) is 0 Å². The molecule has 0 radical (unpaired) electrons. The van der Waals surface area contributed by atoms with Crippen molar-refractivity contribution in [2.45, 2.75) is 6.92 Å². The summed E-state index contributed by atoms with van der Waals surface area (Å²) in [4.78, 5) is 27.3. The van der Waals surface area contributed by atoms with E-state index in [0.717, 1.165) is 5.56 Å². The normalized spacial score (nSPS) is 10.4. The van der Waals surface area contributed by atoms with Gasteiger partial charge >= 0.3 is 0 Å². The SMILES string of the molecule is Cc1c(-c2ccccc2)nc(-c2ccncn2)[nH]c1=O. The smallest absolute Gasteiger partial charge is 0.254 e. The Labute approximate surface area is 115 Å². The standard InChI is InChI=1S/C15H12N4O/c1-10-13(11-5-3-2-4-6-11)18-14(19-15(10)20)12-7-8-16-9-17-12/h2-9H,1H3,(H,18,19,20). The zero-order valence-electron chi connectivity index (χ0n) is 10.9. The summed E-state index contributed by atoms with van der Waals surface area (Å²) in [5, 5.41) is 0. The van der Waals surface area contributed by atoms with Gasteiger partial charge in [-0.3, -0.25) is 4.79 Å². The van der Waals surface area contributed by atoms with E-state index >= 15 is 0 Å². The summed E-state index contributed by atoms with van der Waals surface area (Å²) in [5.41, 5.74) is 2.60. The van der Waals surface area contributed by atoms with Crippen LogP contribution in [0.5, 0.6) is 0 Å². The zero-order valence-corrected chi connectivity index (χ0v) is 10.9. The third kappa shape index (κ3) is 2.21. The molecular weight excluding hydrogens is 252 g/mol. The number of aromatic amines is 1. The molecule has 0 saturated heterocycles. The van der Waals surface area contributed by atoms with Crippen LogP contribution in [-0.4, -0.2) is 19.9 Å². The molecule has 2 aromatic heterocycles. The predicted octanol–water partition coefficient (Wildman–Crippen LogP) is 2.20. The Morgan fingerprint density at radius 1 is 1.10 bits per heavy atom. The Kier molecular flexibility index (Phi) is 3.09. The lowest BCUT2D eigenvalue weighted by Gasteiger charge is -2.07. The van der Waals surface area contributed by atoms with E-state index in [-0.39, 0.29) is 5.56 Å². The van der Waals surface area contributed by atoms with Gasteiger partial charge in [0.25, 0.3) is 5.56 Å². The zero-order chi connectivity index (χ0) is 13.9. The molecule has 5 nitrogen and oxygen atoms in total. The quantitative estimate of drug-likeness (QED) is 0.770. The average molecular weight is 264 g/mol. The molecule has 0 spiro atoms. The van der Waals surface area contributed by atoms with E-state index in [9.17, 15) is 4.79 Å². The Morgan fingerprint density at radius 3 is 2.60 bits per heavy atom. The van der Waals surface area contributed by atoms with Crippen molar-refractivity contribution in [2.24, 2.45) is 0 Å². The molecule has 20 heavy (non-hydrogen) atoms. The molecule has 0 atom stereocenters. The summed E-state index contributed by atoms with van der Waals surface area (Å²) < 4.78 is 0. The number of H-pyrrole nitrogens is 1. The van der Waals surface area contributed by atoms with Crippen LogP contribution in [-0.2, 0) is 0 Å². The highest BCUT2D eigenvalue weighted by atomic mass is 16.1. The molecule has 98 valence electrons. The number of nitrogens with one attached hydrogen (secondary N) is 1. The molecule has 0 aliphatic rings. The molecule has 0 amide bonds. The van der Waals surface area contributed by atoms with Crippen LogP contribution in [0.4, 0.5) is 0 Å². The van der Waals surface area contributed by atoms with E-state index in [1.807, 2.05) is 30.3 Å². The van der Waals surface area contributed by atoms with E-state index in [0.29, 0.717) is 22.8 Å². The van der Waals surface area contributed by atoms with Crippen LogP contribution < -0.4 is 5.56 Å². The fraction of sp³-hybridized carbons (Fsp3) is 0.0667. The Hall–Kier alpha value is -2.82. The van der Waals surface area contributed by atoms with E-state index in [1.54, 1.807) is 19.2 Å². The van der Waals surface area contributed by atoms with Gasteiger partial charge in [0, 0.05) is 17.3 Å². The molecule has 3 rings (SSSR count). The van der Waals surface area contributed by atoms with Crippen molar-refractivity contribution in [1.82, 2.24) is 19.9 Å². The first-order valence-corrected chi connectivity index (χ1v) is 6.18. The number of benzene rings is 1. The number of hydrogen-bond donors (Lipinski definition) is 1. The topological polar surface area (TPSA) is 71.5 Å². The second-order valence-electron chi connectivity index (χ2n) is 4.35. The van der Waals surface area contributed by atoms with Gasteiger partial charge in [-0.25, -0.2) is 15.0 Å². The van der Waals surface area contributed by atoms with Gasteiger partial charge in [-0.1, -0.05) is 30.3 Å². The molecule has 0 fully saturated rings. The minimum Gasteiger partial charge on any atom is -0.305 e. The second-order valence-corrected chi connectivity index (χ2v) is 4.35. The molecule has 1 aromatic carbocycles. The number of rotatable bonds is 2. The van der Waals surface area contributed by atoms with Crippen molar-refractivity contribution in [3.63, 3.8) is 0 Å². The third-order valence-electron chi connectivity index (χ3n) is 3.02. The van der Waals surface area contributed by atoms with E-state index < -0.39 is 0 Å². The molecule has 0 unspecified atom stereocenters. The lowest BCUT2D eigenvalue weighted by Crippen LogP contribution is -2.14. The molecule has 1 N–H and O–H groups in total. The molecule has 0 bridgehead atoms. The Balaban J connectivity index is 2.22. The highest BCUT2D eigenvalue weighted by molar-refractivity contribution is 5.64. The Bertz CT molecular complexity index is 782. The molecular formula is C15H12N4O. The monoisotopic (exact) mass is 264 g/mol. The van der Waals surface area contributed by atoms with Crippen LogP contribution in [0.15, 0.2) is 53.7 Å². The highest BCUT2D eigenvalue weighted by Crippen LogP contribution is 2.20. The van der Waals surface area contributed by atoms with Crippen LogP contribution in [0, 0.1) is 6.92 Å². The van der Waals surface area contributed by atoms with Crippen molar-refractivity contribution in [2.75, 3.05) is 0 Å². The van der Waals surface area contributed by atoms with Gasteiger partial charge < -0.3 is 4.98 Å². The van der Waals surface area contributed by atoms with Gasteiger partial charge in [0.15, 0.2) is 5.82 Å². The van der Waals surface area contributed by atoms with E-state index in [1.165, 1.54) is 6.33 Å². The van der Waals surface area contributed by atoms with Gasteiger partial charge in [0.05, 0.1) is 5.69 Å². The van der Waals surface area contributed by atoms with Gasteiger partial charge in [0.2, 0.25) is 0 Å². The van der Waals surface area contributed by atoms with E-state index in [4.69, 9.17) is 0 Å². The van der Waals surface area contributed by atoms with Crippen LogP contribution >= 0.6 is 0 Å². The minimum absolute atomic E-state index is 0.160. The first-order valence-electron chi connectivity index (χ1n) is 6.18. The van der Waals surface area contributed by atoms with Gasteiger partial charge in [-0.15, -0.1) is 0 Å². The molecule has 2 heterocycles. The van der Waals surface area contributed by atoms with Gasteiger partial charge in [-0.2, -0.15) is 0 Å². The summed E-state index contributed by atoms with van der Waals surface area (Å²) in [6.07, 6.45) is 3.04. The third-order valence-corrected chi connectivity index (χ3v) is 3.02. The fourth-order valence-corrected chi connectivity index (χ4v) is 1.96. The molecule has 0 aliphatic heterocycles. The second kappa shape index (κ2) is 5.05. The Morgan fingerprint density at radius 2 is 1.90 bits per heavy atom. The molecule has 3 aromatic rings. The predicted molar refractivity (Wildman–Crippen MR) is 76.1 cm³/mol. The number of nitrogens with zero attached hydrogens (tertiary/aromatic N) is 3. The maximum Gasteiger partial charge on any atom is 0.254 e. The number of hydrogen-bond acceptors (Lipinski definition) is 4. The number of aromatic nitrogens is 4. The maximum atomic E-state index is 12.1. The summed E-state index contributed by atoms with van der Waals surface area (Å²) in [5.74, 6) is 0.446. The summed E-state index contributed by atoms with van der Waals surface area (Å²) in [7, 11) is 0. The van der Waals surface area contributed by atoms with Crippen molar-refractivity contribution < 1.29 is 0 Å². The summed E-state index contributed by atoms with van der Waals surface area (Å²) in [6.45, 7) is 1.76. The largest absolute Gasteiger partial charge is 0.305 e. The molecule has 5 heteroatoms. The van der Waals surface area contributed by atoms with Crippen LogP contribution in [0.3, 0.4) is 0 Å². The van der Waals surface area contributed by atoms with Crippen molar-refractivity contribution in [3.05, 3.63) is 64.8 Å². The van der Waals surface area contributed by atoms with Gasteiger partial charge in [-0.05, 0) is 13.0 Å². The average Bonchev–Trinajstić information content (AvgIpc) is 2.51. The summed E-state index contributed by atoms with van der Waals surface area (Å²) >= 11 is 0. The first kappa shape index (κ1) is 12.2. The maximum absolute atomic E-state index is 12.1. The van der Waals surface area contributed by atoms with Crippen LogP contribution in [0.25, 0.3) is 22.8 Å². The first-order chi connectivity index (χ1) is 9.75. The van der Waals surface area contributed by atoms with Gasteiger partial charge in [0.1, 0.15) is 12.0 Å². The lowest BCUT2D eigenvalue weighted by molar-refractivity contribution is 1.06. The molecule has 0 aliphatic carbocycles. The van der Waals surface area contributed by atoms with E-state index in [2.05, 4.69) is 19.9 Å².